The van der Waals surface area contributed by atoms with Crippen LogP contribution in [0, 0.1) is 11.6 Å². The minimum atomic E-state index is -0.499. The summed E-state index contributed by atoms with van der Waals surface area (Å²) in [4.78, 5) is 0. The number of halogens is 4. The predicted molar refractivity (Wildman–Crippen MR) is 78.1 cm³/mol. The van der Waals surface area contributed by atoms with E-state index in [0.29, 0.717) is 17.1 Å². The maximum atomic E-state index is 13.5. The van der Waals surface area contributed by atoms with Crippen LogP contribution in [-0.4, -0.2) is 0 Å². The lowest BCUT2D eigenvalue weighted by Crippen LogP contribution is -2.18. The van der Waals surface area contributed by atoms with Crippen molar-refractivity contribution in [3.63, 3.8) is 0 Å². The number of nitrogens with one attached hydrogen (secondary N) is 1. The summed E-state index contributed by atoms with van der Waals surface area (Å²) in [6.45, 7) is 2.40. The van der Waals surface area contributed by atoms with Crippen molar-refractivity contribution in [3.8, 4) is 0 Å². The fraction of sp³-hybridized carbons (Fsp3) is 0.200. The molecule has 0 radical (unpaired) electrons. The van der Waals surface area contributed by atoms with Gasteiger partial charge in [0, 0.05) is 17.6 Å². The molecule has 1 nitrogen and oxygen atoms in total. The van der Waals surface area contributed by atoms with E-state index in [4.69, 9.17) is 23.2 Å². The van der Waals surface area contributed by atoms with Crippen LogP contribution in [-0.2, 0) is 6.54 Å². The zero-order valence-corrected chi connectivity index (χ0v) is 12.3. The molecule has 0 bridgehead atoms. The Labute approximate surface area is 126 Å². The summed E-state index contributed by atoms with van der Waals surface area (Å²) >= 11 is 11.7. The van der Waals surface area contributed by atoms with Crippen molar-refractivity contribution in [2.75, 3.05) is 0 Å². The quantitative estimate of drug-likeness (QED) is 0.772. The second-order valence-electron chi connectivity index (χ2n) is 4.52. The van der Waals surface area contributed by atoms with Crippen LogP contribution in [0.4, 0.5) is 8.78 Å². The van der Waals surface area contributed by atoms with E-state index in [1.807, 2.05) is 6.92 Å². The molecule has 106 valence electrons. The van der Waals surface area contributed by atoms with Crippen molar-refractivity contribution in [1.82, 2.24) is 5.32 Å². The van der Waals surface area contributed by atoms with E-state index in [0.717, 1.165) is 5.56 Å². The lowest BCUT2D eigenvalue weighted by Gasteiger charge is -2.16. The van der Waals surface area contributed by atoms with Gasteiger partial charge in [-0.05, 0) is 42.3 Å². The topological polar surface area (TPSA) is 12.0 Å². The molecule has 5 heteroatoms. The lowest BCUT2D eigenvalue weighted by atomic mass is 10.1. The summed E-state index contributed by atoms with van der Waals surface area (Å²) in [5, 5.41) is 3.62. The minimum absolute atomic E-state index is 0.00415. The number of benzene rings is 2. The third-order valence-corrected chi connectivity index (χ3v) is 3.65. The van der Waals surface area contributed by atoms with Crippen LogP contribution >= 0.6 is 23.2 Å². The van der Waals surface area contributed by atoms with Crippen LogP contribution in [0.15, 0.2) is 36.4 Å². The molecule has 0 aliphatic heterocycles. The van der Waals surface area contributed by atoms with Crippen LogP contribution in [0.3, 0.4) is 0 Å². The van der Waals surface area contributed by atoms with Gasteiger partial charge >= 0.3 is 0 Å². The summed E-state index contributed by atoms with van der Waals surface area (Å²) in [7, 11) is 0. The van der Waals surface area contributed by atoms with Gasteiger partial charge in [-0.1, -0.05) is 35.3 Å². The van der Waals surface area contributed by atoms with E-state index < -0.39 is 5.82 Å². The van der Waals surface area contributed by atoms with Crippen LogP contribution in [0.1, 0.15) is 24.1 Å². The van der Waals surface area contributed by atoms with Crippen molar-refractivity contribution in [2.45, 2.75) is 19.5 Å². The summed E-state index contributed by atoms with van der Waals surface area (Å²) in [5.74, 6) is -0.772. The van der Waals surface area contributed by atoms with Crippen molar-refractivity contribution in [3.05, 3.63) is 69.2 Å². The van der Waals surface area contributed by atoms with Gasteiger partial charge in [-0.2, -0.15) is 0 Å². The normalized spacial score (nSPS) is 12.4. The Morgan fingerprint density at radius 1 is 1.05 bits per heavy atom. The van der Waals surface area contributed by atoms with Gasteiger partial charge < -0.3 is 5.32 Å². The van der Waals surface area contributed by atoms with Gasteiger partial charge in [-0.15, -0.1) is 0 Å². The van der Waals surface area contributed by atoms with Gasteiger partial charge in [0.25, 0.3) is 0 Å². The SMILES string of the molecule is CC(NCc1ccc(F)cc1)c1cc(F)c(Cl)cc1Cl. The van der Waals surface area contributed by atoms with E-state index in [9.17, 15) is 8.78 Å². The molecule has 2 aromatic rings. The molecule has 0 saturated carbocycles. The van der Waals surface area contributed by atoms with Gasteiger partial charge in [0.15, 0.2) is 0 Å². The predicted octanol–water partition coefficient (Wildman–Crippen LogP) is 5.12. The van der Waals surface area contributed by atoms with E-state index in [1.54, 1.807) is 12.1 Å². The highest BCUT2D eigenvalue weighted by atomic mass is 35.5. The summed E-state index contributed by atoms with van der Waals surface area (Å²) in [6.07, 6.45) is 0. The first-order valence-corrected chi connectivity index (χ1v) is 6.85. The Bertz CT molecular complexity index is 600. The first-order valence-electron chi connectivity index (χ1n) is 6.09. The van der Waals surface area contributed by atoms with Crippen LogP contribution < -0.4 is 5.32 Å². The smallest absolute Gasteiger partial charge is 0.142 e. The first-order chi connectivity index (χ1) is 9.47. The van der Waals surface area contributed by atoms with Crippen molar-refractivity contribution in [2.24, 2.45) is 0 Å². The lowest BCUT2D eigenvalue weighted by molar-refractivity contribution is 0.564. The highest BCUT2D eigenvalue weighted by molar-refractivity contribution is 6.35. The molecule has 0 saturated heterocycles. The molecule has 0 aliphatic carbocycles. The third-order valence-electron chi connectivity index (χ3n) is 3.03. The van der Waals surface area contributed by atoms with E-state index >= 15 is 0 Å². The average Bonchev–Trinajstić information content (AvgIpc) is 2.42. The molecule has 2 aromatic carbocycles. The molecule has 0 aliphatic rings. The Morgan fingerprint density at radius 3 is 2.35 bits per heavy atom. The maximum absolute atomic E-state index is 13.5. The third kappa shape index (κ3) is 3.69. The van der Waals surface area contributed by atoms with Crippen LogP contribution in [0.25, 0.3) is 0 Å². The summed E-state index contributed by atoms with van der Waals surface area (Å²) < 4.78 is 26.3. The molecule has 1 N–H and O–H groups in total. The maximum Gasteiger partial charge on any atom is 0.142 e. The zero-order chi connectivity index (χ0) is 14.7. The molecular weight excluding hydrogens is 303 g/mol. The van der Waals surface area contributed by atoms with E-state index in [2.05, 4.69) is 5.32 Å². The molecule has 0 heterocycles. The van der Waals surface area contributed by atoms with Crippen LogP contribution in [0.2, 0.25) is 10.0 Å². The fourth-order valence-electron chi connectivity index (χ4n) is 1.85. The van der Waals surface area contributed by atoms with Gasteiger partial charge in [-0.3, -0.25) is 0 Å². The molecule has 2 rings (SSSR count). The Kier molecular flexibility index (Phi) is 4.97. The first kappa shape index (κ1) is 15.2. The number of rotatable bonds is 4. The Morgan fingerprint density at radius 2 is 1.70 bits per heavy atom. The standard InChI is InChI=1S/C15H13Cl2F2N/c1-9(12-6-15(19)14(17)7-13(12)16)20-8-10-2-4-11(18)5-3-10/h2-7,9,20H,8H2,1H3. The molecule has 0 amide bonds. The second-order valence-corrected chi connectivity index (χ2v) is 5.33. The largest absolute Gasteiger partial charge is 0.306 e. The van der Waals surface area contributed by atoms with E-state index in [-0.39, 0.29) is 16.9 Å². The summed E-state index contributed by atoms with van der Waals surface area (Å²) in [6, 6.07) is 8.75. The average molecular weight is 316 g/mol. The van der Waals surface area contributed by atoms with Crippen LogP contribution in [0.5, 0.6) is 0 Å². The monoisotopic (exact) mass is 315 g/mol. The molecule has 0 fully saturated rings. The van der Waals surface area contributed by atoms with Crippen molar-refractivity contribution < 1.29 is 8.78 Å². The molecule has 0 spiro atoms. The van der Waals surface area contributed by atoms with E-state index in [1.165, 1.54) is 24.3 Å². The van der Waals surface area contributed by atoms with Gasteiger partial charge in [0.2, 0.25) is 0 Å². The molecule has 1 unspecified atom stereocenters. The highest BCUT2D eigenvalue weighted by Crippen LogP contribution is 2.28. The molecule has 0 aromatic heterocycles. The van der Waals surface area contributed by atoms with Gasteiger partial charge in [0.1, 0.15) is 11.6 Å². The Hall–Kier alpha value is -1.16. The molecule has 1 atom stereocenters. The van der Waals surface area contributed by atoms with Crippen molar-refractivity contribution in [1.29, 1.82) is 0 Å². The summed E-state index contributed by atoms with van der Waals surface area (Å²) in [5.41, 5.74) is 1.57. The fourth-order valence-corrected chi connectivity index (χ4v) is 2.40. The number of hydrogen-bond acceptors (Lipinski definition) is 1. The van der Waals surface area contributed by atoms with Gasteiger partial charge in [0.05, 0.1) is 5.02 Å². The number of hydrogen-bond donors (Lipinski definition) is 1. The molecule has 20 heavy (non-hydrogen) atoms. The van der Waals surface area contributed by atoms with Crippen molar-refractivity contribution >= 4 is 23.2 Å². The zero-order valence-electron chi connectivity index (χ0n) is 10.8. The second kappa shape index (κ2) is 6.53. The highest BCUT2D eigenvalue weighted by Gasteiger charge is 2.13. The molecular formula is C15H13Cl2F2N. The minimum Gasteiger partial charge on any atom is -0.306 e. The van der Waals surface area contributed by atoms with Gasteiger partial charge in [-0.25, -0.2) is 8.78 Å². The Balaban J connectivity index is 2.06.